The van der Waals surface area contributed by atoms with Crippen LogP contribution in [0.1, 0.15) is 17.3 Å². The topological polar surface area (TPSA) is 86.3 Å². The molecule has 11 heteroatoms. The van der Waals surface area contributed by atoms with E-state index in [0.29, 0.717) is 33.6 Å². The minimum Gasteiger partial charge on any atom is -0.434 e. The lowest BCUT2D eigenvalue weighted by atomic mass is 10.1. The number of aromatic nitrogens is 5. The summed E-state index contributed by atoms with van der Waals surface area (Å²) in [7, 11) is 0. The largest absolute Gasteiger partial charge is 0.434 e. The van der Waals surface area contributed by atoms with E-state index in [0.717, 1.165) is 0 Å². The van der Waals surface area contributed by atoms with Gasteiger partial charge in [0, 0.05) is 35.2 Å². The summed E-state index contributed by atoms with van der Waals surface area (Å²) in [5.74, 6) is -0.505. The molecule has 30 heavy (non-hydrogen) atoms. The molecule has 0 fully saturated rings. The SMILES string of the molecule is CCn1cc(NC(=O)c2cnn3cccnc23)c(-c2cc(Br)ccc2OC(F)F)n1. The molecule has 4 aromatic rings. The van der Waals surface area contributed by atoms with Crippen molar-refractivity contribution in [2.24, 2.45) is 0 Å². The number of fused-ring (bicyclic) bond motifs is 1. The highest BCUT2D eigenvalue weighted by Gasteiger charge is 2.21. The number of hydrogen-bond acceptors (Lipinski definition) is 5. The summed E-state index contributed by atoms with van der Waals surface area (Å²) in [6.45, 7) is -0.615. The molecule has 1 N–H and O–H groups in total. The van der Waals surface area contributed by atoms with E-state index < -0.39 is 12.5 Å². The van der Waals surface area contributed by atoms with Crippen molar-refractivity contribution in [1.82, 2.24) is 24.4 Å². The van der Waals surface area contributed by atoms with E-state index in [-0.39, 0.29) is 11.3 Å². The van der Waals surface area contributed by atoms with E-state index >= 15 is 0 Å². The number of aryl methyl sites for hydroxylation is 1. The second-order valence-corrected chi connectivity index (χ2v) is 7.08. The van der Waals surface area contributed by atoms with Gasteiger partial charge < -0.3 is 10.1 Å². The Morgan fingerprint density at radius 2 is 2.20 bits per heavy atom. The molecule has 0 saturated heterocycles. The highest BCUT2D eigenvalue weighted by molar-refractivity contribution is 9.10. The van der Waals surface area contributed by atoms with Crippen LogP contribution in [0.25, 0.3) is 16.9 Å². The molecular formula is C19H15BrF2N6O2. The summed E-state index contributed by atoms with van der Waals surface area (Å²) in [5.41, 5.74) is 1.61. The fourth-order valence-electron chi connectivity index (χ4n) is 2.94. The lowest BCUT2D eigenvalue weighted by Gasteiger charge is -2.11. The van der Waals surface area contributed by atoms with Crippen molar-refractivity contribution in [3.8, 4) is 17.0 Å². The zero-order valence-electron chi connectivity index (χ0n) is 15.6. The molecule has 8 nitrogen and oxygen atoms in total. The zero-order valence-corrected chi connectivity index (χ0v) is 17.2. The Balaban J connectivity index is 1.75. The number of alkyl halides is 2. The molecule has 0 aliphatic rings. The molecule has 1 aromatic carbocycles. The first kappa shape index (κ1) is 20.0. The number of benzene rings is 1. The maximum atomic E-state index is 12.9. The standard InChI is InChI=1S/C19H15BrF2N6O2/c1-2-27-10-14(25-18(29)13-9-24-28-7-3-6-23-17(13)28)16(26-27)12-8-11(20)4-5-15(12)30-19(21)22/h3-10,19H,2H2,1H3,(H,25,29). The Morgan fingerprint density at radius 3 is 2.97 bits per heavy atom. The van der Waals surface area contributed by atoms with Crippen molar-refractivity contribution < 1.29 is 18.3 Å². The second-order valence-electron chi connectivity index (χ2n) is 6.17. The van der Waals surface area contributed by atoms with E-state index in [4.69, 9.17) is 0 Å². The number of halogens is 3. The van der Waals surface area contributed by atoms with Gasteiger partial charge in [0.15, 0.2) is 5.65 Å². The van der Waals surface area contributed by atoms with Crippen LogP contribution in [0.15, 0.2) is 53.5 Å². The number of ether oxygens (including phenoxy) is 1. The van der Waals surface area contributed by atoms with Crippen molar-refractivity contribution in [1.29, 1.82) is 0 Å². The monoisotopic (exact) mass is 476 g/mol. The molecular weight excluding hydrogens is 462 g/mol. The average molecular weight is 477 g/mol. The molecule has 0 aliphatic heterocycles. The first-order valence-electron chi connectivity index (χ1n) is 8.88. The van der Waals surface area contributed by atoms with Crippen LogP contribution in [0, 0.1) is 0 Å². The number of rotatable bonds is 6. The van der Waals surface area contributed by atoms with Gasteiger partial charge in [0.2, 0.25) is 0 Å². The smallest absolute Gasteiger partial charge is 0.387 e. The van der Waals surface area contributed by atoms with E-state index in [2.05, 4.69) is 41.2 Å². The van der Waals surface area contributed by atoms with Gasteiger partial charge in [-0.15, -0.1) is 0 Å². The van der Waals surface area contributed by atoms with Gasteiger partial charge in [0.05, 0.1) is 11.9 Å². The third kappa shape index (κ3) is 3.88. The number of anilines is 1. The third-order valence-corrected chi connectivity index (χ3v) is 4.76. The molecule has 0 spiro atoms. The number of nitrogens with one attached hydrogen (secondary N) is 1. The van der Waals surface area contributed by atoms with Crippen molar-refractivity contribution in [3.63, 3.8) is 0 Å². The van der Waals surface area contributed by atoms with Crippen molar-refractivity contribution >= 4 is 33.2 Å². The van der Waals surface area contributed by atoms with Crippen LogP contribution >= 0.6 is 15.9 Å². The highest BCUT2D eigenvalue weighted by atomic mass is 79.9. The Hall–Kier alpha value is -3.34. The van der Waals surface area contributed by atoms with Crippen LogP contribution in [-0.2, 0) is 6.54 Å². The molecule has 0 unspecified atom stereocenters. The highest BCUT2D eigenvalue weighted by Crippen LogP contribution is 2.37. The number of nitrogens with zero attached hydrogens (tertiary/aromatic N) is 5. The lowest BCUT2D eigenvalue weighted by Crippen LogP contribution is -2.12. The molecule has 0 radical (unpaired) electrons. The van der Waals surface area contributed by atoms with Gasteiger partial charge in [-0.3, -0.25) is 9.48 Å². The van der Waals surface area contributed by atoms with Crippen LogP contribution in [0.2, 0.25) is 0 Å². The lowest BCUT2D eigenvalue weighted by molar-refractivity contribution is -0.0494. The summed E-state index contributed by atoms with van der Waals surface area (Å²) >= 11 is 3.33. The Labute approximate surface area is 177 Å². The van der Waals surface area contributed by atoms with E-state index in [9.17, 15) is 13.6 Å². The predicted molar refractivity (Wildman–Crippen MR) is 109 cm³/mol. The van der Waals surface area contributed by atoms with Gasteiger partial charge in [-0.2, -0.15) is 19.0 Å². The van der Waals surface area contributed by atoms with Crippen LogP contribution in [0.4, 0.5) is 14.5 Å². The Bertz CT molecular complexity index is 1220. The molecule has 0 saturated carbocycles. The maximum Gasteiger partial charge on any atom is 0.387 e. The summed E-state index contributed by atoms with van der Waals surface area (Å²) in [6.07, 6.45) is 6.27. The fourth-order valence-corrected chi connectivity index (χ4v) is 3.30. The molecule has 0 bridgehead atoms. The van der Waals surface area contributed by atoms with Gasteiger partial charge in [-0.25, -0.2) is 9.50 Å². The molecule has 3 aromatic heterocycles. The Morgan fingerprint density at radius 1 is 1.37 bits per heavy atom. The molecule has 0 aliphatic carbocycles. The minimum atomic E-state index is -3.00. The number of amides is 1. The van der Waals surface area contributed by atoms with Crippen LogP contribution < -0.4 is 10.1 Å². The fraction of sp³-hybridized carbons (Fsp3) is 0.158. The predicted octanol–water partition coefficient (Wildman–Crippen LogP) is 4.23. The number of hydrogen-bond donors (Lipinski definition) is 1. The van der Waals surface area contributed by atoms with Gasteiger partial charge in [0.1, 0.15) is 17.0 Å². The molecule has 0 atom stereocenters. The summed E-state index contributed by atoms with van der Waals surface area (Å²) < 4.78 is 34.1. The van der Waals surface area contributed by atoms with Crippen molar-refractivity contribution in [2.45, 2.75) is 20.1 Å². The summed E-state index contributed by atoms with van der Waals surface area (Å²) in [6, 6.07) is 6.30. The maximum absolute atomic E-state index is 12.9. The van der Waals surface area contributed by atoms with Gasteiger partial charge >= 0.3 is 6.61 Å². The van der Waals surface area contributed by atoms with E-state index in [1.807, 2.05) is 6.92 Å². The van der Waals surface area contributed by atoms with Crippen LogP contribution in [-0.4, -0.2) is 36.9 Å². The zero-order chi connectivity index (χ0) is 21.3. The van der Waals surface area contributed by atoms with Crippen LogP contribution in [0.3, 0.4) is 0 Å². The quantitative estimate of drug-likeness (QED) is 0.449. The normalized spacial score (nSPS) is 11.2. The Kier molecular flexibility index (Phi) is 5.44. The minimum absolute atomic E-state index is 0.0531. The second kappa shape index (κ2) is 8.19. The van der Waals surface area contributed by atoms with Crippen LogP contribution in [0.5, 0.6) is 5.75 Å². The number of carbonyl (C=O) groups excluding carboxylic acids is 1. The van der Waals surface area contributed by atoms with Gasteiger partial charge in [-0.05, 0) is 31.2 Å². The third-order valence-electron chi connectivity index (χ3n) is 4.27. The van der Waals surface area contributed by atoms with E-state index in [1.54, 1.807) is 41.5 Å². The van der Waals surface area contributed by atoms with Crippen molar-refractivity contribution in [3.05, 3.63) is 59.1 Å². The first-order chi connectivity index (χ1) is 14.5. The molecule has 3 heterocycles. The van der Waals surface area contributed by atoms with Gasteiger partial charge in [-0.1, -0.05) is 15.9 Å². The van der Waals surface area contributed by atoms with Crippen molar-refractivity contribution in [2.75, 3.05) is 5.32 Å². The molecule has 4 rings (SSSR count). The summed E-state index contributed by atoms with van der Waals surface area (Å²) in [4.78, 5) is 17.1. The van der Waals surface area contributed by atoms with Gasteiger partial charge in [0.25, 0.3) is 5.91 Å². The molecule has 154 valence electrons. The average Bonchev–Trinajstić information content (AvgIpc) is 3.33. The molecule has 1 amide bonds. The van der Waals surface area contributed by atoms with E-state index in [1.165, 1.54) is 16.8 Å². The summed E-state index contributed by atoms with van der Waals surface area (Å²) in [5, 5.41) is 11.3. The first-order valence-corrected chi connectivity index (χ1v) is 9.67. The number of carbonyl (C=O) groups is 1.